The Balaban J connectivity index is 2.11. The molecule has 0 spiro atoms. The Bertz CT molecular complexity index is 1470. The number of hydrogen-bond acceptors (Lipinski definition) is 8. The fraction of sp³-hybridized carbons (Fsp3) is 0.462. The van der Waals surface area contributed by atoms with Gasteiger partial charge >= 0.3 is 5.97 Å². The molecule has 2 heterocycles. The molecular formula is C26H35F2N5O5SSi. The number of anilines is 2. The Morgan fingerprint density at radius 1 is 1.18 bits per heavy atom. The smallest absolute Gasteiger partial charge is 0.307 e. The van der Waals surface area contributed by atoms with Crippen LogP contribution in [0.1, 0.15) is 32.3 Å². The van der Waals surface area contributed by atoms with E-state index in [0.717, 1.165) is 12.1 Å². The lowest BCUT2D eigenvalue weighted by molar-refractivity contribution is -0.140. The van der Waals surface area contributed by atoms with Gasteiger partial charge < -0.3 is 15.2 Å². The number of nitrogens with zero attached hydrogens (tertiary/aromatic N) is 4. The van der Waals surface area contributed by atoms with Gasteiger partial charge in [0.1, 0.15) is 12.5 Å². The molecule has 10 nitrogen and oxygen atoms in total. The van der Waals surface area contributed by atoms with E-state index < -0.39 is 52.5 Å². The first kappa shape index (κ1) is 31.3. The normalized spacial score (nSPS) is 13.0. The minimum atomic E-state index is -4.18. The number of carboxylic acid groups (broad SMARTS) is 1. The third-order valence-electron chi connectivity index (χ3n) is 6.06. The fourth-order valence-electron chi connectivity index (χ4n) is 3.77. The van der Waals surface area contributed by atoms with E-state index in [2.05, 4.69) is 40.0 Å². The van der Waals surface area contributed by atoms with Gasteiger partial charge in [0.05, 0.1) is 17.4 Å². The highest BCUT2D eigenvalue weighted by Crippen LogP contribution is 2.37. The quantitative estimate of drug-likeness (QED) is 0.153. The van der Waals surface area contributed by atoms with E-state index in [9.17, 15) is 27.1 Å². The SMILES string of the molecule is CC(CS(=O)(=O)c1nc(Nc2c(-c3ccnc(F)c3)cc(F)cc2C(C)C)n(COCC[Si](C)(C)C)n1)C(=O)O. The van der Waals surface area contributed by atoms with Crippen LogP contribution in [0.5, 0.6) is 0 Å². The van der Waals surface area contributed by atoms with Gasteiger partial charge in [-0.1, -0.05) is 40.4 Å². The Labute approximate surface area is 233 Å². The molecule has 3 aromatic rings. The molecule has 0 amide bonds. The van der Waals surface area contributed by atoms with Crippen LogP contribution < -0.4 is 5.32 Å². The number of benzene rings is 1. The lowest BCUT2D eigenvalue weighted by Crippen LogP contribution is -2.22. The molecule has 0 saturated heterocycles. The van der Waals surface area contributed by atoms with Gasteiger partial charge in [0.2, 0.25) is 21.7 Å². The Morgan fingerprint density at radius 2 is 1.88 bits per heavy atom. The van der Waals surface area contributed by atoms with E-state index in [4.69, 9.17) is 4.74 Å². The molecule has 2 aromatic heterocycles. The molecule has 0 aliphatic rings. The number of pyridine rings is 1. The van der Waals surface area contributed by atoms with Gasteiger partial charge in [0.15, 0.2) is 0 Å². The van der Waals surface area contributed by atoms with Crippen LogP contribution in [0.25, 0.3) is 11.1 Å². The molecule has 0 radical (unpaired) electrons. The molecule has 0 saturated carbocycles. The Morgan fingerprint density at radius 3 is 2.48 bits per heavy atom. The zero-order chi connectivity index (χ0) is 29.8. The van der Waals surface area contributed by atoms with Gasteiger partial charge in [-0.2, -0.15) is 9.37 Å². The van der Waals surface area contributed by atoms with Crippen molar-refractivity contribution in [1.82, 2.24) is 19.7 Å². The van der Waals surface area contributed by atoms with E-state index in [1.165, 1.54) is 36.0 Å². The van der Waals surface area contributed by atoms with Crippen molar-refractivity contribution in [3.63, 3.8) is 0 Å². The monoisotopic (exact) mass is 595 g/mol. The van der Waals surface area contributed by atoms with Crippen molar-refractivity contribution in [2.45, 2.75) is 64.3 Å². The predicted octanol–water partition coefficient (Wildman–Crippen LogP) is 5.29. The van der Waals surface area contributed by atoms with Crippen molar-refractivity contribution < 1.29 is 31.8 Å². The number of carboxylic acids is 1. The summed E-state index contributed by atoms with van der Waals surface area (Å²) >= 11 is 0. The largest absolute Gasteiger partial charge is 0.481 e. The summed E-state index contributed by atoms with van der Waals surface area (Å²) in [4.78, 5) is 19.1. The van der Waals surface area contributed by atoms with Crippen molar-refractivity contribution in [3.8, 4) is 11.1 Å². The van der Waals surface area contributed by atoms with Crippen LogP contribution in [0, 0.1) is 17.7 Å². The van der Waals surface area contributed by atoms with Crippen molar-refractivity contribution in [3.05, 3.63) is 47.8 Å². The highest BCUT2D eigenvalue weighted by Gasteiger charge is 2.29. The minimum Gasteiger partial charge on any atom is -0.481 e. The minimum absolute atomic E-state index is 0.0150. The maximum Gasteiger partial charge on any atom is 0.307 e. The molecule has 218 valence electrons. The number of nitrogens with one attached hydrogen (secondary N) is 1. The lowest BCUT2D eigenvalue weighted by Gasteiger charge is -2.20. The summed E-state index contributed by atoms with van der Waals surface area (Å²) in [5, 5.41) is 15.9. The summed E-state index contributed by atoms with van der Waals surface area (Å²) in [6.07, 6.45) is 1.26. The molecule has 3 rings (SSSR count). The third-order valence-corrected chi connectivity index (χ3v) is 9.43. The number of aliphatic carboxylic acids is 1. The van der Waals surface area contributed by atoms with Crippen LogP contribution in [0.2, 0.25) is 25.7 Å². The first-order valence-electron chi connectivity index (χ1n) is 12.8. The second-order valence-electron chi connectivity index (χ2n) is 11.2. The second kappa shape index (κ2) is 12.5. The fourth-order valence-corrected chi connectivity index (χ4v) is 5.93. The molecule has 1 unspecified atom stereocenters. The molecule has 14 heteroatoms. The summed E-state index contributed by atoms with van der Waals surface area (Å²) in [6, 6.07) is 6.13. The molecule has 0 fully saturated rings. The second-order valence-corrected chi connectivity index (χ2v) is 18.7. The maximum absolute atomic E-state index is 14.7. The number of aromatic nitrogens is 4. The molecule has 1 atom stereocenters. The van der Waals surface area contributed by atoms with Gasteiger partial charge in [0, 0.05) is 32.5 Å². The summed E-state index contributed by atoms with van der Waals surface area (Å²) in [6.45, 7) is 11.8. The van der Waals surface area contributed by atoms with Gasteiger partial charge in [-0.15, -0.1) is 5.10 Å². The molecular weight excluding hydrogens is 560 g/mol. The topological polar surface area (TPSA) is 136 Å². The van der Waals surface area contributed by atoms with Crippen LogP contribution in [0.15, 0.2) is 35.6 Å². The van der Waals surface area contributed by atoms with Gasteiger partial charge in [0.25, 0.3) is 5.16 Å². The zero-order valence-electron chi connectivity index (χ0n) is 23.4. The maximum atomic E-state index is 14.7. The number of rotatable bonds is 13. The molecule has 0 aliphatic carbocycles. The van der Waals surface area contributed by atoms with E-state index in [1.807, 2.05) is 13.8 Å². The van der Waals surface area contributed by atoms with Crippen molar-refractivity contribution in [1.29, 1.82) is 0 Å². The lowest BCUT2D eigenvalue weighted by atomic mass is 9.94. The molecule has 40 heavy (non-hydrogen) atoms. The number of ether oxygens (including phenoxy) is 1. The molecule has 2 N–H and O–H groups in total. The molecule has 0 aliphatic heterocycles. The highest BCUT2D eigenvalue weighted by molar-refractivity contribution is 7.91. The average Bonchev–Trinajstić information content (AvgIpc) is 3.25. The first-order valence-corrected chi connectivity index (χ1v) is 18.1. The summed E-state index contributed by atoms with van der Waals surface area (Å²) in [5.74, 6) is -4.64. The standard InChI is InChI=1S/C26H35F2N5O5SSi/c1-16(2)20-12-19(27)13-21(18-7-8-29-22(28)11-18)23(20)30-25-31-26(39(36,37)14-17(3)24(34)35)32-33(25)15-38-9-10-40(4,5)6/h7-8,11-13,16-17H,9-10,14-15H2,1-6H3,(H,34,35)(H,30,31,32). The predicted molar refractivity (Wildman–Crippen MR) is 150 cm³/mol. The summed E-state index contributed by atoms with van der Waals surface area (Å²) < 4.78 is 61.8. The average molecular weight is 596 g/mol. The van der Waals surface area contributed by atoms with Crippen LogP contribution in [0.4, 0.5) is 20.4 Å². The molecule has 1 aromatic carbocycles. The number of halogens is 2. The van der Waals surface area contributed by atoms with Crippen molar-refractivity contribution in [2.75, 3.05) is 17.7 Å². The number of hydrogen-bond donors (Lipinski definition) is 2. The van der Waals surface area contributed by atoms with E-state index in [1.54, 1.807) is 0 Å². The number of carbonyl (C=O) groups is 1. The highest BCUT2D eigenvalue weighted by atomic mass is 32.2. The zero-order valence-corrected chi connectivity index (χ0v) is 25.2. The van der Waals surface area contributed by atoms with Crippen LogP contribution in [-0.2, 0) is 26.1 Å². The Kier molecular flexibility index (Phi) is 9.79. The number of sulfone groups is 1. The summed E-state index contributed by atoms with van der Waals surface area (Å²) in [7, 11) is -5.59. The Hall–Kier alpha value is -3.23. The van der Waals surface area contributed by atoms with Crippen LogP contribution >= 0.6 is 0 Å². The van der Waals surface area contributed by atoms with Gasteiger partial charge in [-0.05, 0) is 41.3 Å². The van der Waals surface area contributed by atoms with Gasteiger partial charge in [-0.25, -0.2) is 22.5 Å². The van der Waals surface area contributed by atoms with Crippen molar-refractivity contribution in [2.24, 2.45) is 5.92 Å². The van der Waals surface area contributed by atoms with E-state index in [0.29, 0.717) is 29.0 Å². The van der Waals surface area contributed by atoms with Gasteiger partial charge in [-0.3, -0.25) is 4.79 Å². The van der Waals surface area contributed by atoms with Crippen LogP contribution in [0.3, 0.4) is 0 Å². The third kappa shape index (κ3) is 8.14. The molecule has 0 bridgehead atoms. The summed E-state index contributed by atoms with van der Waals surface area (Å²) in [5.41, 5.74) is 1.56. The van der Waals surface area contributed by atoms with Crippen molar-refractivity contribution >= 4 is 35.5 Å². The van der Waals surface area contributed by atoms with Crippen LogP contribution in [-0.4, -0.2) is 59.7 Å². The van der Waals surface area contributed by atoms with E-state index >= 15 is 0 Å². The first-order chi connectivity index (χ1) is 18.6. The van der Waals surface area contributed by atoms with E-state index in [-0.39, 0.29) is 18.6 Å².